The first-order valence-corrected chi connectivity index (χ1v) is 5.11. The third-order valence-electron chi connectivity index (χ3n) is 2.74. The third-order valence-corrected chi connectivity index (χ3v) is 2.74. The standard InChI is InChI=1S/C10H17N3O/c1-7-5-11-10(12-7)13-8(2)9-3-4-14-6-9/h5,8-9H,3-4,6H2,1-2H3,(H2,11,12,13). The lowest BCUT2D eigenvalue weighted by atomic mass is 10.0. The highest BCUT2D eigenvalue weighted by molar-refractivity contribution is 5.27. The van der Waals surface area contributed by atoms with Crippen LogP contribution in [0.1, 0.15) is 19.0 Å². The highest BCUT2D eigenvalue weighted by Crippen LogP contribution is 2.18. The van der Waals surface area contributed by atoms with Crippen molar-refractivity contribution in [3.63, 3.8) is 0 Å². The van der Waals surface area contributed by atoms with E-state index in [4.69, 9.17) is 4.74 Å². The van der Waals surface area contributed by atoms with Gasteiger partial charge in [-0.2, -0.15) is 0 Å². The van der Waals surface area contributed by atoms with Crippen LogP contribution in [0.2, 0.25) is 0 Å². The van der Waals surface area contributed by atoms with Crippen molar-refractivity contribution >= 4 is 5.95 Å². The SMILES string of the molecule is Cc1cnc(NC(C)C2CCOC2)[nH]1. The monoisotopic (exact) mass is 195 g/mol. The third kappa shape index (κ3) is 2.07. The summed E-state index contributed by atoms with van der Waals surface area (Å²) in [5, 5.41) is 3.36. The van der Waals surface area contributed by atoms with Gasteiger partial charge in [0, 0.05) is 30.5 Å². The van der Waals surface area contributed by atoms with Crippen LogP contribution in [0.5, 0.6) is 0 Å². The molecule has 0 aromatic carbocycles. The molecule has 0 spiro atoms. The van der Waals surface area contributed by atoms with Crippen molar-refractivity contribution in [3.8, 4) is 0 Å². The molecule has 4 nitrogen and oxygen atoms in total. The van der Waals surface area contributed by atoms with Gasteiger partial charge in [-0.05, 0) is 20.3 Å². The number of anilines is 1. The van der Waals surface area contributed by atoms with Gasteiger partial charge in [0.25, 0.3) is 0 Å². The van der Waals surface area contributed by atoms with E-state index in [9.17, 15) is 0 Å². The zero-order valence-corrected chi connectivity index (χ0v) is 8.71. The van der Waals surface area contributed by atoms with Gasteiger partial charge in [-0.1, -0.05) is 0 Å². The summed E-state index contributed by atoms with van der Waals surface area (Å²) in [6.07, 6.45) is 2.98. The summed E-state index contributed by atoms with van der Waals surface area (Å²) < 4.78 is 5.35. The second-order valence-corrected chi connectivity index (χ2v) is 3.97. The number of hydrogen-bond donors (Lipinski definition) is 2. The number of rotatable bonds is 3. The fourth-order valence-electron chi connectivity index (χ4n) is 1.77. The highest BCUT2D eigenvalue weighted by atomic mass is 16.5. The van der Waals surface area contributed by atoms with Crippen molar-refractivity contribution < 1.29 is 4.74 Å². The van der Waals surface area contributed by atoms with E-state index in [1.165, 1.54) is 0 Å². The minimum absolute atomic E-state index is 0.419. The van der Waals surface area contributed by atoms with Gasteiger partial charge < -0.3 is 15.0 Å². The molecule has 14 heavy (non-hydrogen) atoms. The van der Waals surface area contributed by atoms with Crippen molar-refractivity contribution in [2.45, 2.75) is 26.3 Å². The van der Waals surface area contributed by atoms with E-state index in [1.54, 1.807) is 0 Å². The summed E-state index contributed by atoms with van der Waals surface area (Å²) in [5.74, 6) is 1.47. The molecule has 0 aliphatic carbocycles. The molecular formula is C10H17N3O. The Labute approximate surface area is 84.1 Å². The van der Waals surface area contributed by atoms with E-state index in [0.717, 1.165) is 31.3 Å². The smallest absolute Gasteiger partial charge is 0.200 e. The van der Waals surface area contributed by atoms with Crippen molar-refractivity contribution in [2.24, 2.45) is 5.92 Å². The number of aromatic nitrogens is 2. The van der Waals surface area contributed by atoms with Crippen LogP contribution in [-0.2, 0) is 4.74 Å². The molecule has 1 aliphatic rings. The van der Waals surface area contributed by atoms with Gasteiger partial charge in [-0.3, -0.25) is 0 Å². The van der Waals surface area contributed by atoms with Crippen molar-refractivity contribution in [3.05, 3.63) is 11.9 Å². The molecule has 1 aliphatic heterocycles. The lowest BCUT2D eigenvalue weighted by molar-refractivity contribution is 0.183. The minimum atomic E-state index is 0.419. The number of aryl methyl sites for hydroxylation is 1. The second kappa shape index (κ2) is 4.00. The first-order valence-electron chi connectivity index (χ1n) is 5.11. The van der Waals surface area contributed by atoms with Crippen LogP contribution >= 0.6 is 0 Å². The summed E-state index contributed by atoms with van der Waals surface area (Å²) in [6.45, 7) is 5.94. The first-order chi connectivity index (χ1) is 6.75. The molecule has 2 heterocycles. The molecule has 0 amide bonds. The first kappa shape index (κ1) is 9.52. The topological polar surface area (TPSA) is 49.9 Å². The quantitative estimate of drug-likeness (QED) is 0.769. The zero-order valence-electron chi connectivity index (χ0n) is 8.71. The lowest BCUT2D eigenvalue weighted by Gasteiger charge is -2.18. The number of ether oxygens (including phenoxy) is 1. The average Bonchev–Trinajstić information content (AvgIpc) is 2.75. The molecule has 78 valence electrons. The molecule has 0 saturated carbocycles. The molecule has 2 rings (SSSR count). The number of aromatic amines is 1. The normalized spacial score (nSPS) is 23.7. The van der Waals surface area contributed by atoms with Crippen LogP contribution < -0.4 is 5.32 Å². The Morgan fingerprint density at radius 3 is 3.14 bits per heavy atom. The summed E-state index contributed by atoms with van der Waals surface area (Å²) in [6, 6.07) is 0.419. The van der Waals surface area contributed by atoms with E-state index >= 15 is 0 Å². The number of nitrogens with zero attached hydrogens (tertiary/aromatic N) is 1. The molecule has 4 heteroatoms. The zero-order chi connectivity index (χ0) is 9.97. The summed E-state index contributed by atoms with van der Waals surface area (Å²) in [5.41, 5.74) is 1.09. The maximum Gasteiger partial charge on any atom is 0.200 e. The molecule has 2 unspecified atom stereocenters. The van der Waals surface area contributed by atoms with Crippen LogP contribution in [0.4, 0.5) is 5.95 Å². The largest absolute Gasteiger partial charge is 0.381 e. The van der Waals surface area contributed by atoms with Gasteiger partial charge in [0.05, 0.1) is 6.61 Å². The molecule has 1 saturated heterocycles. The molecule has 2 N–H and O–H groups in total. The van der Waals surface area contributed by atoms with Crippen molar-refractivity contribution in [1.29, 1.82) is 0 Å². The van der Waals surface area contributed by atoms with Gasteiger partial charge >= 0.3 is 0 Å². The minimum Gasteiger partial charge on any atom is -0.381 e. The Balaban J connectivity index is 1.90. The molecule has 1 fully saturated rings. The molecule has 0 radical (unpaired) electrons. The van der Waals surface area contributed by atoms with E-state index < -0.39 is 0 Å². The molecular weight excluding hydrogens is 178 g/mol. The van der Waals surface area contributed by atoms with Gasteiger partial charge in [-0.15, -0.1) is 0 Å². The Morgan fingerprint density at radius 2 is 2.57 bits per heavy atom. The van der Waals surface area contributed by atoms with Crippen LogP contribution in [0.25, 0.3) is 0 Å². The lowest BCUT2D eigenvalue weighted by Crippen LogP contribution is -2.26. The van der Waals surface area contributed by atoms with Gasteiger partial charge in [0.2, 0.25) is 5.95 Å². The van der Waals surface area contributed by atoms with Crippen LogP contribution in [-0.4, -0.2) is 29.2 Å². The predicted molar refractivity (Wildman–Crippen MR) is 55.3 cm³/mol. The van der Waals surface area contributed by atoms with Crippen molar-refractivity contribution in [2.75, 3.05) is 18.5 Å². The average molecular weight is 195 g/mol. The highest BCUT2D eigenvalue weighted by Gasteiger charge is 2.22. The number of H-pyrrole nitrogens is 1. The Bertz CT molecular complexity index is 291. The number of imidazole rings is 1. The fraction of sp³-hybridized carbons (Fsp3) is 0.700. The van der Waals surface area contributed by atoms with E-state index in [2.05, 4.69) is 22.2 Å². The fourth-order valence-corrected chi connectivity index (χ4v) is 1.77. The summed E-state index contributed by atoms with van der Waals surface area (Å²) in [4.78, 5) is 7.39. The number of hydrogen-bond acceptors (Lipinski definition) is 3. The maximum atomic E-state index is 5.35. The summed E-state index contributed by atoms with van der Waals surface area (Å²) in [7, 11) is 0. The molecule has 1 aromatic rings. The molecule has 2 atom stereocenters. The van der Waals surface area contributed by atoms with Crippen LogP contribution in [0.15, 0.2) is 6.20 Å². The number of nitrogens with one attached hydrogen (secondary N) is 2. The van der Waals surface area contributed by atoms with Crippen LogP contribution in [0.3, 0.4) is 0 Å². The van der Waals surface area contributed by atoms with E-state index in [-0.39, 0.29) is 0 Å². The Morgan fingerprint density at radius 1 is 1.71 bits per heavy atom. The molecule has 0 bridgehead atoms. The van der Waals surface area contributed by atoms with E-state index in [0.29, 0.717) is 12.0 Å². The van der Waals surface area contributed by atoms with Gasteiger partial charge in [0.15, 0.2) is 0 Å². The van der Waals surface area contributed by atoms with E-state index in [1.807, 2.05) is 13.1 Å². The maximum absolute atomic E-state index is 5.35. The Hall–Kier alpha value is -1.03. The van der Waals surface area contributed by atoms with Gasteiger partial charge in [0.1, 0.15) is 0 Å². The van der Waals surface area contributed by atoms with Gasteiger partial charge in [-0.25, -0.2) is 4.98 Å². The predicted octanol–water partition coefficient (Wildman–Crippen LogP) is 1.56. The van der Waals surface area contributed by atoms with Crippen molar-refractivity contribution in [1.82, 2.24) is 9.97 Å². The van der Waals surface area contributed by atoms with Crippen LogP contribution in [0, 0.1) is 12.8 Å². The summed E-state index contributed by atoms with van der Waals surface area (Å²) >= 11 is 0. The Kier molecular flexibility index (Phi) is 2.72. The molecule has 1 aromatic heterocycles. The second-order valence-electron chi connectivity index (χ2n) is 3.97.